The van der Waals surface area contributed by atoms with Gasteiger partial charge in [-0.25, -0.2) is 9.37 Å². The van der Waals surface area contributed by atoms with Gasteiger partial charge in [-0.1, -0.05) is 0 Å². The number of hydrogen-bond donors (Lipinski definition) is 1. The average Bonchev–Trinajstić information content (AvgIpc) is 3.02. The number of hydrogen-bond acceptors (Lipinski definition) is 2. The van der Waals surface area contributed by atoms with Gasteiger partial charge in [0, 0.05) is 13.0 Å². The maximum absolute atomic E-state index is 13.3. The summed E-state index contributed by atoms with van der Waals surface area (Å²) in [5, 5.41) is 3.39. The van der Waals surface area contributed by atoms with Gasteiger partial charge in [0.1, 0.15) is 11.6 Å². The quantitative estimate of drug-likeness (QED) is 0.917. The van der Waals surface area contributed by atoms with Crippen molar-refractivity contribution in [2.45, 2.75) is 32.7 Å². The highest BCUT2D eigenvalue weighted by Crippen LogP contribution is 2.21. The minimum absolute atomic E-state index is 0.186. The first-order valence-corrected chi connectivity index (χ1v) is 7.13. The van der Waals surface area contributed by atoms with Crippen LogP contribution in [-0.2, 0) is 13.0 Å². The molecule has 1 unspecified atom stereocenters. The van der Waals surface area contributed by atoms with Gasteiger partial charge in [-0.15, -0.1) is 0 Å². The van der Waals surface area contributed by atoms with Gasteiger partial charge in [-0.05, 0) is 57.0 Å². The van der Waals surface area contributed by atoms with E-state index in [0.29, 0.717) is 0 Å². The molecule has 1 N–H and O–H groups in total. The van der Waals surface area contributed by atoms with Crippen LogP contribution >= 0.6 is 0 Å². The van der Waals surface area contributed by atoms with E-state index in [2.05, 4.69) is 21.8 Å². The molecule has 102 valence electrons. The zero-order chi connectivity index (χ0) is 13.2. The third-order valence-corrected chi connectivity index (χ3v) is 4.04. The molecule has 1 aromatic heterocycles. The zero-order valence-electron chi connectivity index (χ0n) is 11.3. The molecule has 1 atom stereocenters. The largest absolute Gasteiger partial charge is 0.328 e. The Hall–Kier alpha value is -1.42. The molecule has 0 saturated carbocycles. The van der Waals surface area contributed by atoms with Crippen molar-refractivity contribution in [2.24, 2.45) is 5.92 Å². The van der Waals surface area contributed by atoms with Crippen LogP contribution in [0, 0.1) is 11.7 Å². The van der Waals surface area contributed by atoms with Crippen molar-refractivity contribution in [3.63, 3.8) is 0 Å². The molecule has 0 spiro atoms. The Labute approximate surface area is 112 Å². The lowest BCUT2D eigenvalue weighted by molar-refractivity contribution is 0.516. The number of rotatable bonds is 4. The lowest BCUT2D eigenvalue weighted by Gasteiger charge is -2.09. The van der Waals surface area contributed by atoms with Gasteiger partial charge in [0.25, 0.3) is 0 Å². The van der Waals surface area contributed by atoms with Crippen molar-refractivity contribution < 1.29 is 4.39 Å². The maximum atomic E-state index is 13.3. The lowest BCUT2D eigenvalue weighted by atomic mass is 10.0. The molecule has 1 aliphatic rings. The van der Waals surface area contributed by atoms with Crippen molar-refractivity contribution in [1.29, 1.82) is 0 Å². The summed E-state index contributed by atoms with van der Waals surface area (Å²) < 4.78 is 15.5. The van der Waals surface area contributed by atoms with E-state index in [4.69, 9.17) is 0 Å². The first-order valence-electron chi connectivity index (χ1n) is 7.13. The third kappa shape index (κ3) is 2.50. The number of imidazole rings is 1. The second-order valence-electron chi connectivity index (χ2n) is 5.30. The van der Waals surface area contributed by atoms with Crippen LogP contribution in [0.5, 0.6) is 0 Å². The molecule has 2 aromatic rings. The predicted molar refractivity (Wildman–Crippen MR) is 74.7 cm³/mol. The molecule has 0 amide bonds. The van der Waals surface area contributed by atoms with Crippen LogP contribution in [0.2, 0.25) is 0 Å². The third-order valence-electron chi connectivity index (χ3n) is 4.04. The second-order valence-corrected chi connectivity index (χ2v) is 5.30. The maximum Gasteiger partial charge on any atom is 0.125 e. The Morgan fingerprint density at radius 2 is 2.37 bits per heavy atom. The summed E-state index contributed by atoms with van der Waals surface area (Å²) in [5.41, 5.74) is 1.82. The molecule has 1 saturated heterocycles. The number of nitrogens with zero attached hydrogens (tertiary/aromatic N) is 2. The number of halogens is 1. The van der Waals surface area contributed by atoms with E-state index in [-0.39, 0.29) is 5.82 Å². The van der Waals surface area contributed by atoms with Crippen molar-refractivity contribution >= 4 is 11.0 Å². The highest BCUT2D eigenvalue weighted by molar-refractivity contribution is 5.76. The van der Waals surface area contributed by atoms with Gasteiger partial charge in [-0.2, -0.15) is 0 Å². The van der Waals surface area contributed by atoms with Gasteiger partial charge in [0.05, 0.1) is 11.0 Å². The number of aromatic nitrogens is 2. The minimum atomic E-state index is -0.186. The summed E-state index contributed by atoms with van der Waals surface area (Å²) >= 11 is 0. The molecular formula is C15H20FN3. The molecular weight excluding hydrogens is 241 g/mol. The summed E-state index contributed by atoms with van der Waals surface area (Å²) in [6.07, 6.45) is 3.41. The van der Waals surface area contributed by atoms with E-state index < -0.39 is 0 Å². The molecule has 3 rings (SSSR count). The molecule has 2 heterocycles. The summed E-state index contributed by atoms with van der Waals surface area (Å²) in [6, 6.07) is 4.85. The predicted octanol–water partition coefficient (Wildman–Crippen LogP) is 2.74. The average molecular weight is 261 g/mol. The van der Waals surface area contributed by atoms with Gasteiger partial charge < -0.3 is 9.88 Å². The summed E-state index contributed by atoms with van der Waals surface area (Å²) in [5.74, 6) is 1.67. The monoisotopic (exact) mass is 261 g/mol. The highest BCUT2D eigenvalue weighted by atomic mass is 19.1. The molecule has 1 fully saturated rings. The Bertz CT molecular complexity index is 570. The van der Waals surface area contributed by atoms with Crippen molar-refractivity contribution in [3.8, 4) is 0 Å². The standard InChI is InChI=1S/C15H20FN3/c1-2-19-14-9-12(16)4-5-13(14)18-15(19)6-3-11-7-8-17-10-11/h4-5,9,11,17H,2-3,6-8,10H2,1H3. The summed E-state index contributed by atoms with van der Waals surface area (Å²) in [7, 11) is 0. The van der Waals surface area contributed by atoms with E-state index in [1.807, 2.05) is 0 Å². The normalized spacial score (nSPS) is 19.4. The first kappa shape index (κ1) is 12.6. The SMILES string of the molecule is CCn1c(CCC2CCNC2)nc2ccc(F)cc21. The van der Waals surface area contributed by atoms with Gasteiger partial charge in [0.2, 0.25) is 0 Å². The molecule has 3 nitrogen and oxygen atoms in total. The Morgan fingerprint density at radius 3 is 3.11 bits per heavy atom. The molecule has 0 aliphatic carbocycles. The number of fused-ring (bicyclic) bond motifs is 1. The highest BCUT2D eigenvalue weighted by Gasteiger charge is 2.16. The fourth-order valence-electron chi connectivity index (χ4n) is 2.98. The van der Waals surface area contributed by atoms with Crippen molar-refractivity contribution in [2.75, 3.05) is 13.1 Å². The van der Waals surface area contributed by atoms with Gasteiger partial charge in [0.15, 0.2) is 0 Å². The number of aryl methyl sites for hydroxylation is 2. The fraction of sp³-hybridized carbons (Fsp3) is 0.533. The van der Waals surface area contributed by atoms with E-state index in [9.17, 15) is 4.39 Å². The van der Waals surface area contributed by atoms with Crippen LogP contribution in [0.15, 0.2) is 18.2 Å². The lowest BCUT2D eigenvalue weighted by Crippen LogP contribution is -2.11. The van der Waals surface area contributed by atoms with Crippen LogP contribution in [0.4, 0.5) is 4.39 Å². The second kappa shape index (κ2) is 5.29. The minimum Gasteiger partial charge on any atom is -0.328 e. The molecule has 0 bridgehead atoms. The van der Waals surface area contributed by atoms with Crippen molar-refractivity contribution in [1.82, 2.24) is 14.9 Å². The topological polar surface area (TPSA) is 29.9 Å². The van der Waals surface area contributed by atoms with Crippen LogP contribution in [0.25, 0.3) is 11.0 Å². The molecule has 1 aliphatic heterocycles. The van der Waals surface area contributed by atoms with E-state index in [1.165, 1.54) is 18.9 Å². The van der Waals surface area contributed by atoms with E-state index in [1.54, 1.807) is 12.1 Å². The van der Waals surface area contributed by atoms with Crippen LogP contribution in [0.1, 0.15) is 25.6 Å². The Kier molecular flexibility index (Phi) is 3.51. The van der Waals surface area contributed by atoms with Gasteiger partial charge in [-0.3, -0.25) is 0 Å². The van der Waals surface area contributed by atoms with Gasteiger partial charge >= 0.3 is 0 Å². The fourth-order valence-corrected chi connectivity index (χ4v) is 2.98. The summed E-state index contributed by atoms with van der Waals surface area (Å²) in [6.45, 7) is 5.20. The van der Waals surface area contributed by atoms with Crippen LogP contribution < -0.4 is 5.32 Å². The number of nitrogens with one attached hydrogen (secondary N) is 1. The zero-order valence-corrected chi connectivity index (χ0v) is 11.3. The first-order chi connectivity index (χ1) is 9.28. The molecule has 0 radical (unpaired) electrons. The number of benzene rings is 1. The van der Waals surface area contributed by atoms with Crippen molar-refractivity contribution in [3.05, 3.63) is 29.8 Å². The molecule has 4 heteroatoms. The Balaban J connectivity index is 1.85. The molecule has 1 aromatic carbocycles. The summed E-state index contributed by atoms with van der Waals surface area (Å²) in [4.78, 5) is 4.66. The Morgan fingerprint density at radius 1 is 1.47 bits per heavy atom. The van der Waals surface area contributed by atoms with Crippen LogP contribution in [-0.4, -0.2) is 22.6 Å². The van der Waals surface area contributed by atoms with E-state index >= 15 is 0 Å². The van der Waals surface area contributed by atoms with Crippen LogP contribution in [0.3, 0.4) is 0 Å². The van der Waals surface area contributed by atoms with E-state index in [0.717, 1.165) is 48.8 Å². The molecule has 19 heavy (non-hydrogen) atoms. The smallest absolute Gasteiger partial charge is 0.125 e.